The van der Waals surface area contributed by atoms with Crippen molar-refractivity contribution in [3.05, 3.63) is 60.7 Å². The molecule has 0 aliphatic heterocycles. The van der Waals surface area contributed by atoms with Crippen molar-refractivity contribution < 1.29 is 18.0 Å². The van der Waals surface area contributed by atoms with E-state index in [0.717, 1.165) is 0 Å². The molecular formula is C22H25N3O4S. The molecule has 0 radical (unpaired) electrons. The van der Waals surface area contributed by atoms with Crippen LogP contribution < -0.4 is 10.2 Å². The van der Waals surface area contributed by atoms with E-state index in [1.807, 2.05) is 12.1 Å². The molecule has 0 aliphatic rings. The minimum atomic E-state index is -3.37. The van der Waals surface area contributed by atoms with Crippen molar-refractivity contribution in [3.63, 3.8) is 0 Å². The minimum absolute atomic E-state index is 0.000155. The second kappa shape index (κ2) is 11.7. The number of amides is 2. The van der Waals surface area contributed by atoms with Gasteiger partial charge in [0.25, 0.3) is 0 Å². The normalized spacial score (nSPS) is 10.8. The zero-order chi connectivity index (χ0) is 21.8. The lowest BCUT2D eigenvalue weighted by molar-refractivity contribution is -0.125. The molecule has 2 amide bonds. The van der Waals surface area contributed by atoms with Crippen LogP contribution in [0.15, 0.2) is 65.6 Å². The maximum Gasteiger partial charge on any atom is 0.227 e. The highest BCUT2D eigenvalue weighted by atomic mass is 32.2. The molecule has 0 spiro atoms. The van der Waals surface area contributed by atoms with Crippen LogP contribution in [-0.2, 0) is 19.4 Å². The lowest BCUT2D eigenvalue weighted by atomic mass is 10.2. The first-order chi connectivity index (χ1) is 14.4. The van der Waals surface area contributed by atoms with Crippen molar-refractivity contribution in [2.75, 3.05) is 23.7 Å². The van der Waals surface area contributed by atoms with Gasteiger partial charge >= 0.3 is 0 Å². The highest BCUT2D eigenvalue weighted by molar-refractivity contribution is 7.91. The number of benzene rings is 2. The standard InChI is InChI=1S/C22H25N3O4S/c23-15-7-17-25(19-9-3-1-4-10-19)22(27)14-13-21(26)24-16-8-18-30(28,29)20-11-5-2-6-12-20/h1-6,9-12H,7-8,13-14,16-18H2,(H,24,26). The van der Waals surface area contributed by atoms with Gasteiger partial charge in [-0.1, -0.05) is 36.4 Å². The maximum atomic E-state index is 12.5. The van der Waals surface area contributed by atoms with E-state index in [1.54, 1.807) is 54.6 Å². The molecule has 0 atom stereocenters. The molecule has 8 heteroatoms. The average molecular weight is 428 g/mol. The quantitative estimate of drug-likeness (QED) is 0.555. The van der Waals surface area contributed by atoms with Gasteiger partial charge in [-0.3, -0.25) is 9.59 Å². The highest BCUT2D eigenvalue weighted by Gasteiger charge is 2.17. The number of carbonyl (C=O) groups is 2. The molecule has 0 saturated heterocycles. The molecule has 0 aliphatic carbocycles. The summed E-state index contributed by atoms with van der Waals surface area (Å²) < 4.78 is 24.4. The number of rotatable bonds is 11. The SMILES string of the molecule is N#CCCN(C(=O)CCC(=O)NCCCS(=O)(=O)c1ccccc1)c1ccccc1. The Labute approximate surface area is 177 Å². The summed E-state index contributed by atoms with van der Waals surface area (Å²) in [6, 6.07) is 19.2. The summed E-state index contributed by atoms with van der Waals surface area (Å²) in [5, 5.41) is 11.5. The Hall–Kier alpha value is -3.18. The number of hydrogen-bond acceptors (Lipinski definition) is 5. The van der Waals surface area contributed by atoms with E-state index in [2.05, 4.69) is 5.32 Å². The summed E-state index contributed by atoms with van der Waals surface area (Å²) in [6.07, 6.45) is 0.493. The number of nitrogens with zero attached hydrogens (tertiary/aromatic N) is 2. The second-order valence-electron chi connectivity index (χ2n) is 6.62. The van der Waals surface area contributed by atoms with Gasteiger partial charge in [0.15, 0.2) is 9.84 Å². The van der Waals surface area contributed by atoms with Crippen molar-refractivity contribution in [1.29, 1.82) is 5.26 Å². The van der Waals surface area contributed by atoms with E-state index in [9.17, 15) is 18.0 Å². The van der Waals surface area contributed by atoms with Gasteiger partial charge in [0, 0.05) is 31.6 Å². The van der Waals surface area contributed by atoms with Crippen LogP contribution in [-0.4, -0.2) is 39.1 Å². The molecule has 7 nitrogen and oxygen atoms in total. The minimum Gasteiger partial charge on any atom is -0.356 e. The van der Waals surface area contributed by atoms with Gasteiger partial charge in [-0.05, 0) is 30.7 Å². The molecule has 1 N–H and O–H groups in total. The molecule has 2 rings (SSSR count). The number of hydrogen-bond donors (Lipinski definition) is 1. The first-order valence-corrected chi connectivity index (χ1v) is 11.4. The summed E-state index contributed by atoms with van der Waals surface area (Å²) in [4.78, 5) is 26.3. The molecule has 0 fully saturated rings. The van der Waals surface area contributed by atoms with Crippen LogP contribution in [0.3, 0.4) is 0 Å². The van der Waals surface area contributed by atoms with Crippen molar-refractivity contribution in [3.8, 4) is 6.07 Å². The zero-order valence-corrected chi connectivity index (χ0v) is 17.5. The fourth-order valence-electron chi connectivity index (χ4n) is 2.85. The number of nitrogens with one attached hydrogen (secondary N) is 1. The van der Waals surface area contributed by atoms with Crippen LogP contribution in [0.25, 0.3) is 0 Å². The Morgan fingerprint density at radius 3 is 2.23 bits per heavy atom. The summed E-state index contributed by atoms with van der Waals surface area (Å²) >= 11 is 0. The van der Waals surface area contributed by atoms with Crippen LogP contribution in [0.4, 0.5) is 5.69 Å². The maximum absolute atomic E-state index is 12.5. The van der Waals surface area contributed by atoms with Gasteiger partial charge in [-0.15, -0.1) is 0 Å². The lowest BCUT2D eigenvalue weighted by Gasteiger charge is -2.21. The van der Waals surface area contributed by atoms with Crippen LogP contribution >= 0.6 is 0 Å². The van der Waals surface area contributed by atoms with Gasteiger partial charge in [0.2, 0.25) is 11.8 Å². The molecule has 158 valence electrons. The molecular weight excluding hydrogens is 402 g/mol. The molecule has 2 aromatic carbocycles. The fourth-order valence-corrected chi connectivity index (χ4v) is 4.18. The molecule has 0 heterocycles. The largest absolute Gasteiger partial charge is 0.356 e. The Morgan fingerprint density at radius 2 is 1.60 bits per heavy atom. The Kier molecular flexibility index (Phi) is 9.03. The number of carbonyl (C=O) groups excluding carboxylic acids is 2. The van der Waals surface area contributed by atoms with Crippen LogP contribution in [0.5, 0.6) is 0 Å². The first kappa shape index (κ1) is 23.1. The Morgan fingerprint density at radius 1 is 0.967 bits per heavy atom. The monoisotopic (exact) mass is 427 g/mol. The Bertz CT molecular complexity index is 970. The number of sulfone groups is 1. The van der Waals surface area contributed by atoms with Crippen molar-refractivity contribution >= 4 is 27.3 Å². The Balaban J connectivity index is 1.76. The average Bonchev–Trinajstić information content (AvgIpc) is 2.77. The van der Waals surface area contributed by atoms with Gasteiger partial charge in [-0.2, -0.15) is 5.26 Å². The van der Waals surface area contributed by atoms with Crippen LogP contribution in [0, 0.1) is 11.3 Å². The molecule has 0 aromatic heterocycles. The highest BCUT2D eigenvalue weighted by Crippen LogP contribution is 2.15. The van der Waals surface area contributed by atoms with Crippen molar-refractivity contribution in [1.82, 2.24) is 5.32 Å². The van der Waals surface area contributed by atoms with Crippen LogP contribution in [0.1, 0.15) is 25.7 Å². The van der Waals surface area contributed by atoms with Gasteiger partial charge in [0.1, 0.15) is 0 Å². The van der Waals surface area contributed by atoms with Gasteiger partial charge in [-0.25, -0.2) is 8.42 Å². The lowest BCUT2D eigenvalue weighted by Crippen LogP contribution is -2.33. The number of nitriles is 1. The van der Waals surface area contributed by atoms with Gasteiger partial charge < -0.3 is 10.2 Å². The van der Waals surface area contributed by atoms with Crippen molar-refractivity contribution in [2.24, 2.45) is 0 Å². The van der Waals surface area contributed by atoms with E-state index in [-0.39, 0.29) is 61.2 Å². The summed E-state index contributed by atoms with van der Waals surface area (Å²) in [5.41, 5.74) is 0.685. The zero-order valence-electron chi connectivity index (χ0n) is 16.7. The summed E-state index contributed by atoms with van der Waals surface area (Å²) in [7, 11) is -3.37. The third-order valence-corrected chi connectivity index (χ3v) is 6.21. The van der Waals surface area contributed by atoms with Crippen LogP contribution in [0.2, 0.25) is 0 Å². The van der Waals surface area contributed by atoms with Crippen molar-refractivity contribution in [2.45, 2.75) is 30.6 Å². The van der Waals surface area contributed by atoms with E-state index in [1.165, 1.54) is 4.90 Å². The first-order valence-electron chi connectivity index (χ1n) is 9.71. The second-order valence-corrected chi connectivity index (χ2v) is 8.73. The molecule has 0 bridgehead atoms. The predicted molar refractivity (Wildman–Crippen MR) is 114 cm³/mol. The smallest absolute Gasteiger partial charge is 0.227 e. The van der Waals surface area contributed by atoms with E-state index >= 15 is 0 Å². The molecule has 2 aromatic rings. The number of para-hydroxylation sites is 1. The third-order valence-electron chi connectivity index (χ3n) is 4.40. The summed E-state index contributed by atoms with van der Waals surface area (Å²) in [5.74, 6) is -0.612. The fraction of sp³-hybridized carbons (Fsp3) is 0.318. The molecule has 0 unspecified atom stereocenters. The molecule has 30 heavy (non-hydrogen) atoms. The van der Waals surface area contributed by atoms with E-state index in [0.29, 0.717) is 5.69 Å². The van der Waals surface area contributed by atoms with Gasteiger partial charge in [0.05, 0.1) is 23.1 Å². The van der Waals surface area contributed by atoms with E-state index in [4.69, 9.17) is 5.26 Å². The topological polar surface area (TPSA) is 107 Å². The molecule has 0 saturated carbocycles. The predicted octanol–water partition coefficient (Wildman–Crippen LogP) is 2.69. The number of anilines is 1. The summed E-state index contributed by atoms with van der Waals surface area (Å²) in [6.45, 7) is 0.480. The third kappa shape index (κ3) is 7.33. The van der Waals surface area contributed by atoms with E-state index < -0.39 is 9.84 Å².